The minimum Gasteiger partial charge on any atom is -0.465 e. The molecule has 0 bridgehead atoms. The van der Waals surface area contributed by atoms with E-state index in [1.807, 2.05) is 50.2 Å². The number of benzodiazepines with no additional fused rings is 1. The van der Waals surface area contributed by atoms with Crippen molar-refractivity contribution in [3.63, 3.8) is 0 Å². The first-order chi connectivity index (χ1) is 22.5. The van der Waals surface area contributed by atoms with Crippen LogP contribution in [-0.2, 0) is 23.9 Å². The zero-order valence-electron chi connectivity index (χ0n) is 28.5. The second-order valence-corrected chi connectivity index (χ2v) is 20.2. The number of halogens is 4. The van der Waals surface area contributed by atoms with E-state index < -0.39 is 62.9 Å². The molecule has 0 spiro atoms. The second kappa shape index (κ2) is 17.6. The molecule has 8 nitrogen and oxygen atoms in total. The Bertz CT molecular complexity index is 1430. The van der Waals surface area contributed by atoms with Crippen molar-refractivity contribution in [2.75, 3.05) is 24.8 Å². The summed E-state index contributed by atoms with van der Waals surface area (Å²) in [7, 11) is -1.45. The van der Waals surface area contributed by atoms with E-state index in [0.29, 0.717) is 40.0 Å². The fourth-order valence-electron chi connectivity index (χ4n) is 5.30. The summed E-state index contributed by atoms with van der Waals surface area (Å²) in [5, 5.41) is 2.65. The lowest BCUT2D eigenvalue weighted by molar-refractivity contribution is -0.159. The Morgan fingerprint density at radius 1 is 1.04 bits per heavy atom. The van der Waals surface area contributed by atoms with E-state index in [-0.39, 0.29) is 25.7 Å². The number of benzene rings is 2. The number of amides is 2. The number of nitrogens with one attached hydrogen (secondary N) is 1. The number of nitrogens with zero attached hydrogens (tertiary/aromatic N) is 2. The molecule has 3 rings (SSSR count). The van der Waals surface area contributed by atoms with Crippen molar-refractivity contribution in [2.24, 2.45) is 22.7 Å². The Kier molecular flexibility index (Phi) is 14.4. The molecule has 2 aromatic carbocycles. The molecule has 0 saturated heterocycles. The van der Waals surface area contributed by atoms with Crippen LogP contribution in [0.15, 0.2) is 58.0 Å². The normalized spacial score (nSPS) is 16.6. The monoisotopic (exact) mass is 753 g/mol. The van der Waals surface area contributed by atoms with Gasteiger partial charge < -0.3 is 14.8 Å². The molecular weight excluding hydrogens is 707 g/mol. The largest absolute Gasteiger partial charge is 0.465 e. The molecule has 1 N–H and O–H groups in total. The molecule has 2 aromatic rings. The third-order valence-corrected chi connectivity index (χ3v) is 10.2. The topological polar surface area (TPSA) is 97.3 Å². The van der Waals surface area contributed by atoms with Gasteiger partial charge in [0.15, 0.2) is 0 Å². The molecule has 2 amide bonds. The number of para-hydroxylation sites is 1. The Morgan fingerprint density at radius 2 is 1.73 bits per heavy atom. The molecule has 1 aliphatic rings. The van der Waals surface area contributed by atoms with Crippen molar-refractivity contribution in [1.29, 1.82) is 0 Å². The Labute approximate surface area is 291 Å². The van der Waals surface area contributed by atoms with Crippen molar-refractivity contribution in [1.82, 2.24) is 5.32 Å². The van der Waals surface area contributed by atoms with Crippen molar-refractivity contribution in [2.45, 2.75) is 84.5 Å². The lowest BCUT2D eigenvalue weighted by atomic mass is 9.84. The molecule has 264 valence electrons. The highest BCUT2D eigenvalue weighted by Gasteiger charge is 2.41. The summed E-state index contributed by atoms with van der Waals surface area (Å²) < 4.78 is 52.6. The zero-order chi connectivity index (χ0) is 35.6. The standard InChI is InChI=1S/C35H47BrF3N3O5Si/c1-7-12-26(34(45)47-21-23(2)3)25(17-18-35(37,38)39)32(43)41-31-33(44)42(22-46-19-20-48(4,5)6)30-27(15-11-16-28(30)36)29(40-31)24-13-9-8-10-14-24/h8-11,13-16,23,25-26,31H,7,12,17-22H2,1-6H3,(H,41,43)/t25-,26+,31?/m1/s1. The number of carbonyl (C=O) groups is 3. The molecule has 13 heteroatoms. The van der Waals surface area contributed by atoms with Crippen LogP contribution in [0.25, 0.3) is 0 Å². The zero-order valence-corrected chi connectivity index (χ0v) is 31.1. The third kappa shape index (κ3) is 11.5. The number of hydrogen-bond donors (Lipinski definition) is 1. The maximum Gasteiger partial charge on any atom is 0.389 e. The molecule has 0 saturated carbocycles. The van der Waals surface area contributed by atoms with Gasteiger partial charge in [0.25, 0.3) is 5.91 Å². The summed E-state index contributed by atoms with van der Waals surface area (Å²) in [6.45, 7) is 12.4. The minimum atomic E-state index is -4.56. The van der Waals surface area contributed by atoms with Gasteiger partial charge >= 0.3 is 12.1 Å². The van der Waals surface area contributed by atoms with Gasteiger partial charge in [0.1, 0.15) is 6.73 Å². The van der Waals surface area contributed by atoms with E-state index in [9.17, 15) is 27.6 Å². The highest BCUT2D eigenvalue weighted by Crippen LogP contribution is 2.36. The Morgan fingerprint density at radius 3 is 2.33 bits per heavy atom. The van der Waals surface area contributed by atoms with Gasteiger partial charge in [0.05, 0.1) is 29.8 Å². The van der Waals surface area contributed by atoms with Gasteiger partial charge in [-0.05, 0) is 46.8 Å². The third-order valence-electron chi connectivity index (χ3n) is 7.84. The van der Waals surface area contributed by atoms with Gasteiger partial charge in [-0.2, -0.15) is 13.2 Å². The Balaban J connectivity index is 2.08. The van der Waals surface area contributed by atoms with Crippen LogP contribution >= 0.6 is 15.9 Å². The van der Waals surface area contributed by atoms with Crippen molar-refractivity contribution < 1.29 is 37.0 Å². The van der Waals surface area contributed by atoms with Crippen LogP contribution < -0.4 is 10.2 Å². The van der Waals surface area contributed by atoms with Crippen LogP contribution in [0.2, 0.25) is 25.7 Å². The van der Waals surface area contributed by atoms with Crippen LogP contribution in [0.1, 0.15) is 57.6 Å². The number of aliphatic imine (C=N–C) groups is 1. The average molecular weight is 755 g/mol. The van der Waals surface area contributed by atoms with E-state index in [1.54, 1.807) is 19.1 Å². The first-order valence-electron chi connectivity index (χ1n) is 16.4. The van der Waals surface area contributed by atoms with Crippen molar-refractivity contribution >= 4 is 53.2 Å². The lowest BCUT2D eigenvalue weighted by Gasteiger charge is -2.29. The first kappa shape index (κ1) is 39.4. The number of carbonyl (C=O) groups excluding carboxylic acids is 3. The fraction of sp³-hybridized carbons (Fsp3) is 0.543. The van der Waals surface area contributed by atoms with Gasteiger partial charge in [-0.1, -0.05) is 89.3 Å². The van der Waals surface area contributed by atoms with E-state index in [4.69, 9.17) is 14.5 Å². The number of esters is 1. The lowest BCUT2D eigenvalue weighted by Crippen LogP contribution is -2.51. The maximum absolute atomic E-state index is 14.4. The number of ether oxygens (including phenoxy) is 2. The summed E-state index contributed by atoms with van der Waals surface area (Å²) in [6, 6.07) is 15.4. The molecule has 48 heavy (non-hydrogen) atoms. The summed E-state index contributed by atoms with van der Waals surface area (Å²) in [4.78, 5) is 47.8. The summed E-state index contributed by atoms with van der Waals surface area (Å²) >= 11 is 3.59. The van der Waals surface area contributed by atoms with E-state index in [1.165, 1.54) is 4.90 Å². The van der Waals surface area contributed by atoms with E-state index in [2.05, 4.69) is 40.9 Å². The first-order valence-corrected chi connectivity index (χ1v) is 20.9. The molecule has 0 aliphatic carbocycles. The molecule has 1 unspecified atom stereocenters. The van der Waals surface area contributed by atoms with Gasteiger partial charge in [-0.3, -0.25) is 19.3 Å². The Hall–Kier alpha value is -3.03. The van der Waals surface area contributed by atoms with Crippen LogP contribution in [0, 0.1) is 17.8 Å². The van der Waals surface area contributed by atoms with E-state index in [0.717, 1.165) is 6.04 Å². The number of rotatable bonds is 16. The quantitative estimate of drug-likeness (QED) is 0.107. The van der Waals surface area contributed by atoms with Crippen LogP contribution in [0.5, 0.6) is 0 Å². The summed E-state index contributed by atoms with van der Waals surface area (Å²) in [6.07, 6.45) is -7.44. The molecule has 0 fully saturated rings. The van der Waals surface area contributed by atoms with Crippen LogP contribution in [0.4, 0.5) is 18.9 Å². The number of fused-ring (bicyclic) bond motifs is 1. The molecule has 1 heterocycles. The number of alkyl halides is 3. The van der Waals surface area contributed by atoms with Crippen molar-refractivity contribution in [3.8, 4) is 0 Å². The second-order valence-electron chi connectivity index (χ2n) is 13.7. The molecule has 0 aromatic heterocycles. The van der Waals surface area contributed by atoms with Gasteiger partial charge in [-0.25, -0.2) is 4.99 Å². The molecule has 3 atom stereocenters. The predicted molar refractivity (Wildman–Crippen MR) is 188 cm³/mol. The smallest absolute Gasteiger partial charge is 0.389 e. The summed E-state index contributed by atoms with van der Waals surface area (Å²) in [5.41, 5.74) is 2.16. The van der Waals surface area contributed by atoms with Crippen LogP contribution in [-0.4, -0.2) is 63.9 Å². The maximum atomic E-state index is 14.4. The highest BCUT2D eigenvalue weighted by atomic mass is 79.9. The van der Waals surface area contributed by atoms with Crippen molar-refractivity contribution in [3.05, 3.63) is 64.1 Å². The predicted octanol–water partition coefficient (Wildman–Crippen LogP) is 7.96. The average Bonchev–Trinajstić information content (AvgIpc) is 3.12. The van der Waals surface area contributed by atoms with Gasteiger partial charge in [0, 0.05) is 36.7 Å². The number of anilines is 1. The SMILES string of the molecule is CCC[C@H](C(=O)OCC(C)C)[C@@H](CCC(F)(F)F)C(=O)NC1N=C(c2ccccc2)c2cccc(Br)c2N(COCC[Si](C)(C)C)C1=O. The van der Waals surface area contributed by atoms with Crippen LogP contribution in [0.3, 0.4) is 0 Å². The number of hydrogen-bond acceptors (Lipinski definition) is 6. The summed E-state index contributed by atoms with van der Waals surface area (Å²) in [5.74, 6) is -4.79. The molecule has 1 aliphatic heterocycles. The van der Waals surface area contributed by atoms with E-state index >= 15 is 0 Å². The molecule has 0 radical (unpaired) electrons. The fourth-order valence-corrected chi connectivity index (χ4v) is 6.64. The molecular formula is C35H47BrF3N3O5Si. The van der Waals surface area contributed by atoms with Gasteiger partial charge in [-0.15, -0.1) is 0 Å². The highest BCUT2D eigenvalue weighted by molar-refractivity contribution is 9.10. The minimum absolute atomic E-state index is 0.00654. The van der Waals surface area contributed by atoms with Gasteiger partial charge in [0.2, 0.25) is 12.1 Å².